The molecule has 6 N–H and O–H groups in total. The predicted molar refractivity (Wildman–Crippen MR) is 139 cm³/mol. The van der Waals surface area contributed by atoms with Crippen LogP contribution in [-0.2, 0) is 0 Å². The van der Waals surface area contributed by atoms with E-state index in [1.807, 2.05) is 0 Å². The van der Waals surface area contributed by atoms with Gasteiger partial charge >= 0.3 is 11.9 Å². The highest BCUT2D eigenvalue weighted by Gasteiger charge is 2.30. The number of aromatic carboxylic acids is 2. The summed E-state index contributed by atoms with van der Waals surface area (Å²) in [5.74, 6) is -4.83. The van der Waals surface area contributed by atoms with Crippen molar-refractivity contribution in [1.29, 1.82) is 0 Å². The number of carbonyl (C=O) groups excluding carboxylic acids is 2. The van der Waals surface area contributed by atoms with Crippen molar-refractivity contribution in [1.82, 2.24) is 0 Å². The molecular formula is C24H10Cl4N2O6. The molecule has 36 heavy (non-hydrogen) atoms. The largest absolute Gasteiger partial charge is 0.478 e. The Morgan fingerprint density at radius 2 is 0.750 bits per heavy atom. The van der Waals surface area contributed by atoms with E-state index in [-0.39, 0.29) is 47.4 Å². The summed E-state index contributed by atoms with van der Waals surface area (Å²) in [6.07, 6.45) is 0. The zero-order valence-electron chi connectivity index (χ0n) is 17.5. The van der Waals surface area contributed by atoms with Crippen LogP contribution in [0.2, 0.25) is 20.1 Å². The Bertz CT molecular complexity index is 1630. The van der Waals surface area contributed by atoms with Crippen LogP contribution in [0.1, 0.15) is 41.4 Å². The van der Waals surface area contributed by atoms with Crippen LogP contribution >= 0.6 is 46.4 Å². The summed E-state index contributed by atoms with van der Waals surface area (Å²) in [6, 6.07) is 5.48. The van der Waals surface area contributed by atoms with Gasteiger partial charge in [0.1, 0.15) is 0 Å². The van der Waals surface area contributed by atoms with Gasteiger partial charge in [0.25, 0.3) is 11.8 Å². The molecule has 0 radical (unpaired) electrons. The van der Waals surface area contributed by atoms with Crippen LogP contribution in [0.4, 0.5) is 0 Å². The van der Waals surface area contributed by atoms with E-state index >= 15 is 0 Å². The lowest BCUT2D eigenvalue weighted by molar-refractivity contribution is 0.0695. The summed E-state index contributed by atoms with van der Waals surface area (Å²) in [6.45, 7) is 0. The van der Waals surface area contributed by atoms with Crippen LogP contribution in [0.3, 0.4) is 0 Å². The molecule has 0 heterocycles. The third kappa shape index (κ3) is 3.09. The quantitative estimate of drug-likeness (QED) is 0.156. The Labute approximate surface area is 220 Å². The van der Waals surface area contributed by atoms with Gasteiger partial charge in [-0.1, -0.05) is 46.4 Å². The summed E-state index contributed by atoms with van der Waals surface area (Å²) in [5, 5.41) is 20.5. The van der Waals surface area contributed by atoms with E-state index in [1.54, 1.807) is 0 Å². The fourth-order valence-corrected chi connectivity index (χ4v) is 6.05. The van der Waals surface area contributed by atoms with E-state index in [1.165, 1.54) is 24.3 Å². The highest BCUT2D eigenvalue weighted by Crippen LogP contribution is 2.49. The Balaban J connectivity index is 2.29. The second kappa shape index (κ2) is 7.97. The van der Waals surface area contributed by atoms with Gasteiger partial charge in [0.15, 0.2) is 0 Å². The summed E-state index contributed by atoms with van der Waals surface area (Å²) in [7, 11) is 0. The standard InChI is InChI=1S/C24H10Cl4N2O6/c25-9-1-5-7-3-11(27)17(23(33)34)20-14(7)8(4-12(28)18(20)24(35)36)6-2-10(26)16(22(30)32)19(13(5)6)15(9)21(29)31/h1-4H,(H2,29,31)(H2,30,32)(H,33,34)(H,35,36). The molecule has 0 bridgehead atoms. The van der Waals surface area contributed by atoms with Gasteiger partial charge in [0.2, 0.25) is 0 Å². The number of hydrogen-bond acceptors (Lipinski definition) is 4. The maximum Gasteiger partial charge on any atom is 0.337 e. The molecule has 0 spiro atoms. The van der Waals surface area contributed by atoms with Crippen molar-refractivity contribution >= 4 is 113 Å². The topological polar surface area (TPSA) is 161 Å². The normalized spacial score (nSPS) is 11.7. The molecule has 0 atom stereocenters. The minimum absolute atomic E-state index is 0.00401. The third-order valence-electron chi connectivity index (χ3n) is 6.12. The first-order valence-corrected chi connectivity index (χ1v) is 11.4. The Morgan fingerprint density at radius 3 is 1.00 bits per heavy atom. The average Bonchev–Trinajstić information content (AvgIpc) is 2.74. The van der Waals surface area contributed by atoms with Gasteiger partial charge in [0, 0.05) is 10.8 Å². The van der Waals surface area contributed by atoms with E-state index in [4.69, 9.17) is 57.9 Å². The number of carboxylic acid groups (broad SMARTS) is 2. The Hall–Kier alpha value is -3.56. The summed E-state index contributed by atoms with van der Waals surface area (Å²) < 4.78 is 0. The number of rotatable bonds is 4. The number of primary amides is 2. The molecule has 5 rings (SSSR count). The zero-order valence-corrected chi connectivity index (χ0v) is 20.5. The summed E-state index contributed by atoms with van der Waals surface area (Å²) in [4.78, 5) is 49.1. The minimum Gasteiger partial charge on any atom is -0.478 e. The fraction of sp³-hybridized carbons (Fsp3) is 0. The van der Waals surface area contributed by atoms with Crippen LogP contribution in [0, 0.1) is 0 Å². The molecule has 2 amide bonds. The Kier molecular flexibility index (Phi) is 5.35. The predicted octanol–water partition coefficient (Wildman–Crippen LogP) is 5.95. The van der Waals surface area contributed by atoms with Crippen LogP contribution in [0.25, 0.3) is 43.1 Å². The number of carboxylic acids is 2. The molecule has 0 fully saturated rings. The van der Waals surface area contributed by atoms with Gasteiger partial charge in [-0.05, 0) is 56.6 Å². The second-order valence-corrected chi connectivity index (χ2v) is 9.59. The molecule has 12 heteroatoms. The van der Waals surface area contributed by atoms with Crippen molar-refractivity contribution < 1.29 is 29.4 Å². The molecule has 0 aromatic heterocycles. The lowest BCUT2D eigenvalue weighted by atomic mass is 9.84. The monoisotopic (exact) mass is 562 g/mol. The van der Waals surface area contributed by atoms with Crippen molar-refractivity contribution in [3.8, 4) is 0 Å². The Morgan fingerprint density at radius 1 is 0.500 bits per heavy atom. The van der Waals surface area contributed by atoms with Crippen LogP contribution in [0.15, 0.2) is 24.3 Å². The van der Waals surface area contributed by atoms with Gasteiger partial charge < -0.3 is 21.7 Å². The summed E-state index contributed by atoms with van der Waals surface area (Å²) in [5.41, 5.74) is 9.86. The maximum atomic E-state index is 12.4. The molecule has 180 valence electrons. The number of fused-ring (bicyclic) bond motifs is 2. The number of hydrogen-bond donors (Lipinski definition) is 4. The van der Waals surface area contributed by atoms with Gasteiger partial charge in [-0.25, -0.2) is 9.59 Å². The lowest BCUT2D eigenvalue weighted by Crippen LogP contribution is -2.17. The van der Waals surface area contributed by atoms with Gasteiger partial charge in [-0.2, -0.15) is 0 Å². The van der Waals surface area contributed by atoms with E-state index in [9.17, 15) is 29.4 Å². The molecule has 0 aliphatic carbocycles. The molecule has 0 unspecified atom stereocenters. The zero-order chi connectivity index (χ0) is 26.4. The molecule has 0 aliphatic heterocycles. The van der Waals surface area contributed by atoms with E-state index in [2.05, 4.69) is 0 Å². The lowest BCUT2D eigenvalue weighted by Gasteiger charge is -2.21. The molecular weight excluding hydrogens is 554 g/mol. The number of nitrogens with two attached hydrogens (primary N) is 2. The molecule has 0 saturated carbocycles. The molecule has 0 aliphatic rings. The van der Waals surface area contributed by atoms with Gasteiger partial charge in [0.05, 0.1) is 42.3 Å². The SMILES string of the molecule is NC(=O)c1c(Cl)cc2c3cc(Cl)c(C(=O)O)c4c(C(=O)O)c(Cl)cc(c5cc(Cl)c(C(N)=O)c1c25)c43. The number of halogens is 4. The number of amides is 2. The number of carbonyl (C=O) groups is 4. The van der Waals surface area contributed by atoms with Crippen molar-refractivity contribution in [2.24, 2.45) is 11.5 Å². The van der Waals surface area contributed by atoms with Gasteiger partial charge in [-0.15, -0.1) is 0 Å². The molecule has 8 nitrogen and oxygen atoms in total. The van der Waals surface area contributed by atoms with Gasteiger partial charge in [-0.3, -0.25) is 9.59 Å². The van der Waals surface area contributed by atoms with E-state index in [0.717, 1.165) is 0 Å². The second-order valence-electron chi connectivity index (χ2n) is 7.96. The van der Waals surface area contributed by atoms with Crippen molar-refractivity contribution in [2.45, 2.75) is 0 Å². The number of benzene rings is 5. The van der Waals surface area contributed by atoms with E-state index < -0.39 is 34.9 Å². The average molecular weight is 564 g/mol. The third-order valence-corrected chi connectivity index (χ3v) is 7.31. The molecule has 5 aromatic rings. The van der Waals surface area contributed by atoms with Crippen molar-refractivity contribution in [2.75, 3.05) is 0 Å². The fourth-order valence-electron chi connectivity index (χ4n) is 4.89. The summed E-state index contributed by atoms with van der Waals surface area (Å²) >= 11 is 25.6. The van der Waals surface area contributed by atoms with Crippen LogP contribution in [0.5, 0.6) is 0 Å². The molecule has 5 aromatic carbocycles. The highest BCUT2D eigenvalue weighted by molar-refractivity contribution is 6.48. The smallest absolute Gasteiger partial charge is 0.337 e. The van der Waals surface area contributed by atoms with Crippen LogP contribution < -0.4 is 11.5 Å². The first kappa shape index (κ1) is 24.1. The minimum atomic E-state index is -1.47. The van der Waals surface area contributed by atoms with E-state index in [0.29, 0.717) is 26.9 Å². The van der Waals surface area contributed by atoms with Crippen molar-refractivity contribution in [3.05, 3.63) is 66.6 Å². The molecule has 0 saturated heterocycles. The first-order chi connectivity index (χ1) is 16.9. The first-order valence-electron chi connectivity index (χ1n) is 9.91. The van der Waals surface area contributed by atoms with Crippen LogP contribution in [-0.4, -0.2) is 34.0 Å². The highest BCUT2D eigenvalue weighted by atomic mass is 35.5. The van der Waals surface area contributed by atoms with Crippen molar-refractivity contribution in [3.63, 3.8) is 0 Å². The maximum absolute atomic E-state index is 12.4.